The first-order valence-corrected chi connectivity index (χ1v) is 5.10. The number of hydrogen-bond acceptors (Lipinski definition) is 2. The quantitative estimate of drug-likeness (QED) is 0.808. The van der Waals surface area contributed by atoms with Crippen LogP contribution in [0, 0.1) is 22.7 Å². The molecule has 70 valence electrons. The van der Waals surface area contributed by atoms with E-state index in [-0.39, 0.29) is 0 Å². The fourth-order valence-electron chi connectivity index (χ4n) is 1.32. The van der Waals surface area contributed by atoms with Crippen LogP contribution < -0.4 is 0 Å². The average Bonchev–Trinajstić information content (AvgIpc) is 2.19. The Bertz CT molecular complexity index is 424. The van der Waals surface area contributed by atoms with Crippen molar-refractivity contribution >= 4 is 15.9 Å². The molecule has 0 aliphatic rings. The number of hydrogen-bond donors (Lipinski definition) is 0. The molecule has 14 heavy (non-hydrogen) atoms. The van der Waals surface area contributed by atoms with Crippen LogP contribution in [0.4, 0.5) is 0 Å². The van der Waals surface area contributed by atoms with Crippen LogP contribution in [0.5, 0.6) is 0 Å². The molecular weight excluding hydrogens is 240 g/mol. The molecule has 0 aliphatic carbocycles. The number of benzene rings is 1. The van der Waals surface area contributed by atoms with Crippen LogP contribution in [0.25, 0.3) is 0 Å². The van der Waals surface area contributed by atoms with Gasteiger partial charge in [0.2, 0.25) is 0 Å². The van der Waals surface area contributed by atoms with Gasteiger partial charge in [0.05, 0.1) is 18.1 Å². The molecule has 0 atom stereocenters. The Kier molecular flexibility index (Phi) is 3.68. The van der Waals surface area contributed by atoms with Crippen LogP contribution in [-0.2, 0) is 12.8 Å². The number of nitrogens with zero attached hydrogens (tertiary/aromatic N) is 2. The molecule has 0 aromatic heterocycles. The Morgan fingerprint density at radius 3 is 2.50 bits per heavy atom. The molecule has 0 bridgehead atoms. The fraction of sp³-hybridized carbons (Fsp3) is 0.273. The van der Waals surface area contributed by atoms with Gasteiger partial charge in [-0.2, -0.15) is 10.5 Å². The molecule has 0 spiro atoms. The van der Waals surface area contributed by atoms with Crippen LogP contribution in [0.15, 0.2) is 16.6 Å². The minimum Gasteiger partial charge on any atom is -0.198 e. The highest BCUT2D eigenvalue weighted by atomic mass is 79.9. The molecule has 1 aromatic rings. The summed E-state index contributed by atoms with van der Waals surface area (Å²) in [5, 5.41) is 17.4. The Labute approximate surface area is 91.9 Å². The van der Waals surface area contributed by atoms with E-state index in [1.54, 1.807) is 0 Å². The molecule has 1 rings (SSSR count). The first-order chi connectivity index (χ1) is 6.72. The lowest BCUT2D eigenvalue weighted by Crippen LogP contribution is -1.94. The number of rotatable bonds is 2. The van der Waals surface area contributed by atoms with Gasteiger partial charge >= 0.3 is 0 Å². The Morgan fingerprint density at radius 1 is 1.29 bits per heavy atom. The smallest absolute Gasteiger partial charge is 0.100 e. The van der Waals surface area contributed by atoms with Gasteiger partial charge < -0.3 is 0 Å². The van der Waals surface area contributed by atoms with E-state index < -0.39 is 0 Å². The summed E-state index contributed by atoms with van der Waals surface area (Å²) in [5.41, 5.74) is 2.70. The summed E-state index contributed by atoms with van der Waals surface area (Å²) in [4.78, 5) is 0. The third-order valence-corrected chi connectivity index (χ3v) is 2.72. The van der Waals surface area contributed by atoms with E-state index in [9.17, 15) is 0 Å². The largest absolute Gasteiger partial charge is 0.198 e. The van der Waals surface area contributed by atoms with E-state index in [1.165, 1.54) is 0 Å². The van der Waals surface area contributed by atoms with Crippen molar-refractivity contribution in [3.8, 4) is 12.1 Å². The molecule has 0 aliphatic heterocycles. The molecule has 3 heteroatoms. The molecule has 0 saturated carbocycles. The van der Waals surface area contributed by atoms with Crippen molar-refractivity contribution in [3.05, 3.63) is 33.3 Å². The first kappa shape index (κ1) is 10.8. The van der Waals surface area contributed by atoms with Crippen LogP contribution in [-0.4, -0.2) is 0 Å². The Hall–Kier alpha value is -1.32. The molecule has 0 saturated heterocycles. The zero-order chi connectivity index (χ0) is 10.6. The van der Waals surface area contributed by atoms with Crippen molar-refractivity contribution in [1.29, 1.82) is 10.5 Å². The molecule has 0 unspecified atom stereocenters. The fourth-order valence-corrected chi connectivity index (χ4v) is 1.80. The maximum Gasteiger partial charge on any atom is 0.100 e. The summed E-state index contributed by atoms with van der Waals surface area (Å²) >= 11 is 3.31. The van der Waals surface area contributed by atoms with E-state index in [0.717, 1.165) is 22.0 Å². The maximum atomic E-state index is 8.81. The second kappa shape index (κ2) is 4.79. The predicted molar refractivity (Wildman–Crippen MR) is 57.6 cm³/mol. The highest BCUT2D eigenvalue weighted by Crippen LogP contribution is 2.22. The highest BCUT2D eigenvalue weighted by Gasteiger charge is 2.06. The van der Waals surface area contributed by atoms with Crippen molar-refractivity contribution in [2.24, 2.45) is 0 Å². The maximum absolute atomic E-state index is 8.81. The predicted octanol–water partition coefficient (Wildman–Crippen LogP) is 2.95. The van der Waals surface area contributed by atoms with Gasteiger partial charge in [-0.3, -0.25) is 0 Å². The van der Waals surface area contributed by atoms with Gasteiger partial charge in [-0.25, -0.2) is 0 Å². The third kappa shape index (κ3) is 2.13. The van der Waals surface area contributed by atoms with Crippen molar-refractivity contribution < 1.29 is 0 Å². The summed E-state index contributed by atoms with van der Waals surface area (Å²) in [5.74, 6) is 0. The molecular formula is C11H9BrN2. The SMILES string of the molecule is CCc1cc(C#N)c(Br)cc1CC#N. The molecule has 0 amide bonds. The van der Waals surface area contributed by atoms with Gasteiger partial charge in [0, 0.05) is 4.47 Å². The zero-order valence-corrected chi connectivity index (χ0v) is 9.43. The van der Waals surface area contributed by atoms with E-state index in [1.807, 2.05) is 19.1 Å². The van der Waals surface area contributed by atoms with Crippen LogP contribution in [0.3, 0.4) is 0 Å². The minimum absolute atomic E-state index is 0.396. The molecule has 0 N–H and O–H groups in total. The van der Waals surface area contributed by atoms with Gasteiger partial charge in [0.15, 0.2) is 0 Å². The topological polar surface area (TPSA) is 47.6 Å². The van der Waals surface area contributed by atoms with E-state index in [2.05, 4.69) is 28.1 Å². The van der Waals surface area contributed by atoms with Crippen LogP contribution in [0.2, 0.25) is 0 Å². The lowest BCUT2D eigenvalue weighted by atomic mass is 10.0. The molecule has 2 nitrogen and oxygen atoms in total. The number of halogens is 1. The van der Waals surface area contributed by atoms with Crippen molar-refractivity contribution in [2.75, 3.05) is 0 Å². The molecule has 1 aromatic carbocycles. The van der Waals surface area contributed by atoms with Gasteiger partial charge in [0.1, 0.15) is 6.07 Å². The zero-order valence-electron chi connectivity index (χ0n) is 7.84. The summed E-state index contributed by atoms with van der Waals surface area (Å²) in [6.07, 6.45) is 1.24. The average molecular weight is 249 g/mol. The summed E-state index contributed by atoms with van der Waals surface area (Å²) in [6, 6.07) is 7.93. The van der Waals surface area contributed by atoms with Gasteiger partial charge in [-0.05, 0) is 45.6 Å². The minimum atomic E-state index is 0.396. The monoisotopic (exact) mass is 248 g/mol. The number of nitriles is 2. The lowest BCUT2D eigenvalue weighted by Gasteiger charge is -2.06. The summed E-state index contributed by atoms with van der Waals surface area (Å²) in [7, 11) is 0. The van der Waals surface area contributed by atoms with Crippen molar-refractivity contribution in [1.82, 2.24) is 0 Å². The number of aryl methyl sites for hydroxylation is 1. The first-order valence-electron chi connectivity index (χ1n) is 4.31. The van der Waals surface area contributed by atoms with E-state index in [4.69, 9.17) is 10.5 Å². The molecule has 0 radical (unpaired) electrons. The molecule has 0 fully saturated rings. The summed E-state index contributed by atoms with van der Waals surface area (Å²) in [6.45, 7) is 2.02. The molecule has 0 heterocycles. The van der Waals surface area contributed by atoms with Gasteiger partial charge in [-0.15, -0.1) is 0 Å². The van der Waals surface area contributed by atoms with Crippen LogP contribution in [0.1, 0.15) is 23.6 Å². The Balaban J connectivity index is 3.27. The van der Waals surface area contributed by atoms with Crippen LogP contribution >= 0.6 is 15.9 Å². The Morgan fingerprint density at radius 2 is 2.00 bits per heavy atom. The van der Waals surface area contributed by atoms with E-state index >= 15 is 0 Å². The lowest BCUT2D eigenvalue weighted by molar-refractivity contribution is 1.07. The second-order valence-electron chi connectivity index (χ2n) is 2.90. The van der Waals surface area contributed by atoms with Crippen molar-refractivity contribution in [2.45, 2.75) is 19.8 Å². The normalized spacial score (nSPS) is 9.14. The van der Waals surface area contributed by atoms with Gasteiger partial charge in [-0.1, -0.05) is 6.92 Å². The highest BCUT2D eigenvalue weighted by molar-refractivity contribution is 9.10. The van der Waals surface area contributed by atoms with Crippen molar-refractivity contribution in [3.63, 3.8) is 0 Å². The third-order valence-electron chi connectivity index (χ3n) is 2.06. The summed E-state index contributed by atoms with van der Waals surface area (Å²) < 4.78 is 0.766. The van der Waals surface area contributed by atoms with Gasteiger partial charge in [0.25, 0.3) is 0 Å². The van der Waals surface area contributed by atoms with E-state index in [0.29, 0.717) is 12.0 Å². The standard InChI is InChI=1S/C11H9BrN2/c1-2-8-5-10(7-14)11(12)6-9(8)3-4-13/h5-6H,2-3H2,1H3. The second-order valence-corrected chi connectivity index (χ2v) is 3.76.